The Labute approximate surface area is 160 Å². The van der Waals surface area contributed by atoms with Gasteiger partial charge in [0, 0.05) is 25.5 Å². The Bertz CT molecular complexity index is 919. The smallest absolute Gasteiger partial charge is 0.224 e. The maximum absolute atomic E-state index is 12.7. The van der Waals surface area contributed by atoms with Crippen LogP contribution in [0.3, 0.4) is 0 Å². The van der Waals surface area contributed by atoms with Gasteiger partial charge in [0.1, 0.15) is 0 Å². The highest BCUT2D eigenvalue weighted by Crippen LogP contribution is 2.25. The number of nitrogens with one attached hydrogen (secondary N) is 1. The van der Waals surface area contributed by atoms with Gasteiger partial charge in [0.25, 0.3) is 0 Å². The SMILES string of the molecule is Cn1cccc1C(CNC(=O)Cc1cccc2ccccc12)N1CCCC1. The zero-order valence-electron chi connectivity index (χ0n) is 15.9. The molecule has 4 nitrogen and oxygen atoms in total. The Morgan fingerprint density at radius 2 is 1.81 bits per heavy atom. The van der Waals surface area contributed by atoms with Crippen LogP contribution in [0, 0.1) is 0 Å². The number of carbonyl (C=O) groups excluding carboxylic acids is 1. The molecule has 2 aromatic carbocycles. The molecule has 140 valence electrons. The largest absolute Gasteiger partial charge is 0.354 e. The first-order valence-electron chi connectivity index (χ1n) is 9.81. The summed E-state index contributed by atoms with van der Waals surface area (Å²) in [5.74, 6) is 0.0877. The van der Waals surface area contributed by atoms with E-state index in [2.05, 4.69) is 64.4 Å². The number of benzene rings is 2. The average molecular weight is 361 g/mol. The van der Waals surface area contributed by atoms with E-state index in [1.54, 1.807) is 0 Å². The third kappa shape index (κ3) is 3.91. The average Bonchev–Trinajstić information content (AvgIpc) is 3.35. The van der Waals surface area contributed by atoms with Gasteiger partial charge in [-0.2, -0.15) is 0 Å². The summed E-state index contributed by atoms with van der Waals surface area (Å²) in [4.78, 5) is 15.2. The summed E-state index contributed by atoms with van der Waals surface area (Å²) in [6, 6.07) is 18.9. The second-order valence-corrected chi connectivity index (χ2v) is 7.42. The number of fused-ring (bicyclic) bond motifs is 1. The molecule has 1 atom stereocenters. The van der Waals surface area contributed by atoms with Gasteiger partial charge in [0.15, 0.2) is 0 Å². The number of hydrogen-bond acceptors (Lipinski definition) is 2. The number of carbonyl (C=O) groups is 1. The predicted molar refractivity (Wildman–Crippen MR) is 110 cm³/mol. The monoisotopic (exact) mass is 361 g/mol. The third-order valence-corrected chi connectivity index (χ3v) is 5.63. The second-order valence-electron chi connectivity index (χ2n) is 7.42. The van der Waals surface area contributed by atoms with Gasteiger partial charge in [0.2, 0.25) is 5.91 Å². The molecule has 1 aromatic heterocycles. The molecular weight excluding hydrogens is 334 g/mol. The topological polar surface area (TPSA) is 37.3 Å². The Morgan fingerprint density at radius 1 is 1.04 bits per heavy atom. The van der Waals surface area contributed by atoms with Gasteiger partial charge in [-0.15, -0.1) is 0 Å². The molecule has 4 heteroatoms. The predicted octanol–water partition coefficient (Wildman–Crippen LogP) is 3.67. The zero-order valence-corrected chi connectivity index (χ0v) is 15.9. The van der Waals surface area contributed by atoms with Gasteiger partial charge in [0.05, 0.1) is 12.5 Å². The molecule has 1 amide bonds. The number of aryl methyl sites for hydroxylation is 1. The fourth-order valence-electron chi connectivity index (χ4n) is 4.19. The number of aromatic nitrogens is 1. The molecule has 1 N–H and O–H groups in total. The van der Waals surface area contributed by atoms with Gasteiger partial charge < -0.3 is 9.88 Å². The van der Waals surface area contributed by atoms with Crippen LogP contribution in [0.1, 0.15) is 30.1 Å². The van der Waals surface area contributed by atoms with Crippen LogP contribution in [0.4, 0.5) is 0 Å². The van der Waals surface area contributed by atoms with Crippen LogP contribution >= 0.6 is 0 Å². The first-order chi connectivity index (χ1) is 13.2. The molecule has 27 heavy (non-hydrogen) atoms. The van der Waals surface area contributed by atoms with Crippen molar-refractivity contribution >= 4 is 16.7 Å². The summed E-state index contributed by atoms with van der Waals surface area (Å²) in [6.07, 6.45) is 4.98. The first kappa shape index (κ1) is 17.8. The Balaban J connectivity index is 1.46. The molecule has 0 saturated carbocycles. The molecule has 2 heterocycles. The maximum Gasteiger partial charge on any atom is 0.224 e. The van der Waals surface area contributed by atoms with Crippen molar-refractivity contribution in [3.05, 3.63) is 72.1 Å². The minimum atomic E-state index is 0.0877. The van der Waals surface area contributed by atoms with Crippen LogP contribution in [0.5, 0.6) is 0 Å². The highest BCUT2D eigenvalue weighted by molar-refractivity contribution is 5.90. The van der Waals surface area contributed by atoms with E-state index in [0.29, 0.717) is 13.0 Å². The Morgan fingerprint density at radius 3 is 2.59 bits per heavy atom. The number of rotatable bonds is 6. The van der Waals surface area contributed by atoms with Crippen molar-refractivity contribution in [2.24, 2.45) is 7.05 Å². The first-order valence-corrected chi connectivity index (χ1v) is 9.81. The molecule has 1 unspecified atom stereocenters. The van der Waals surface area contributed by atoms with Crippen molar-refractivity contribution in [2.75, 3.05) is 19.6 Å². The van der Waals surface area contributed by atoms with Crippen LogP contribution in [0.2, 0.25) is 0 Å². The minimum absolute atomic E-state index is 0.0877. The number of likely N-dealkylation sites (tertiary alicyclic amines) is 1. The van der Waals surface area contributed by atoms with E-state index in [0.717, 1.165) is 24.0 Å². The standard InChI is InChI=1S/C23H27N3O/c1-25-13-7-12-21(25)22(26-14-4-5-15-26)17-24-23(27)16-19-10-6-9-18-8-2-3-11-20(18)19/h2-3,6-13,22H,4-5,14-17H2,1H3,(H,24,27). The fourth-order valence-corrected chi connectivity index (χ4v) is 4.19. The highest BCUT2D eigenvalue weighted by atomic mass is 16.1. The summed E-state index contributed by atoms with van der Waals surface area (Å²) in [5, 5.41) is 5.54. The summed E-state index contributed by atoms with van der Waals surface area (Å²) in [7, 11) is 2.08. The third-order valence-electron chi connectivity index (χ3n) is 5.63. The van der Waals surface area contributed by atoms with Crippen molar-refractivity contribution in [2.45, 2.75) is 25.3 Å². The van der Waals surface area contributed by atoms with Crippen molar-refractivity contribution in [1.29, 1.82) is 0 Å². The van der Waals surface area contributed by atoms with Crippen molar-refractivity contribution < 1.29 is 4.79 Å². The minimum Gasteiger partial charge on any atom is -0.354 e. The van der Waals surface area contributed by atoms with E-state index in [1.165, 1.54) is 23.9 Å². The maximum atomic E-state index is 12.7. The Hall–Kier alpha value is -2.59. The van der Waals surface area contributed by atoms with E-state index in [9.17, 15) is 4.79 Å². The fraction of sp³-hybridized carbons (Fsp3) is 0.348. The molecule has 1 aliphatic heterocycles. The molecule has 3 aromatic rings. The lowest BCUT2D eigenvalue weighted by Gasteiger charge is -2.28. The molecule has 0 aliphatic carbocycles. The Kier molecular flexibility index (Phi) is 5.26. The second kappa shape index (κ2) is 7.97. The molecule has 4 rings (SSSR count). The van der Waals surface area contributed by atoms with Gasteiger partial charge in [-0.1, -0.05) is 42.5 Å². The van der Waals surface area contributed by atoms with E-state index in [4.69, 9.17) is 0 Å². The quantitative estimate of drug-likeness (QED) is 0.727. The zero-order chi connectivity index (χ0) is 18.6. The normalized spacial score (nSPS) is 15.9. The molecule has 0 radical (unpaired) electrons. The lowest BCUT2D eigenvalue weighted by Crippen LogP contribution is -2.38. The number of nitrogens with zero attached hydrogens (tertiary/aromatic N) is 2. The van der Waals surface area contributed by atoms with Crippen molar-refractivity contribution in [3.8, 4) is 0 Å². The van der Waals surface area contributed by atoms with E-state index in [1.807, 2.05) is 18.2 Å². The van der Waals surface area contributed by atoms with E-state index in [-0.39, 0.29) is 11.9 Å². The number of amides is 1. The van der Waals surface area contributed by atoms with Gasteiger partial charge in [-0.3, -0.25) is 9.69 Å². The number of hydrogen-bond donors (Lipinski definition) is 1. The molecule has 1 fully saturated rings. The summed E-state index contributed by atoms with van der Waals surface area (Å²) in [5.41, 5.74) is 2.35. The van der Waals surface area contributed by atoms with Crippen molar-refractivity contribution in [3.63, 3.8) is 0 Å². The van der Waals surface area contributed by atoms with Gasteiger partial charge in [-0.05, 0) is 54.4 Å². The molecule has 0 bridgehead atoms. The van der Waals surface area contributed by atoms with Crippen molar-refractivity contribution in [1.82, 2.24) is 14.8 Å². The van der Waals surface area contributed by atoms with E-state index < -0.39 is 0 Å². The van der Waals surface area contributed by atoms with Crippen LogP contribution in [0.25, 0.3) is 10.8 Å². The summed E-state index contributed by atoms with van der Waals surface area (Å²) in [6.45, 7) is 2.87. The molecular formula is C23H27N3O. The summed E-state index contributed by atoms with van der Waals surface area (Å²) < 4.78 is 2.17. The summed E-state index contributed by atoms with van der Waals surface area (Å²) >= 11 is 0. The highest BCUT2D eigenvalue weighted by Gasteiger charge is 2.25. The molecule has 1 aliphatic rings. The molecule has 1 saturated heterocycles. The lowest BCUT2D eigenvalue weighted by molar-refractivity contribution is -0.120. The van der Waals surface area contributed by atoms with Crippen LogP contribution in [-0.4, -0.2) is 35.0 Å². The van der Waals surface area contributed by atoms with Crippen LogP contribution in [-0.2, 0) is 18.3 Å². The molecule has 0 spiro atoms. The van der Waals surface area contributed by atoms with Gasteiger partial charge >= 0.3 is 0 Å². The van der Waals surface area contributed by atoms with E-state index >= 15 is 0 Å². The van der Waals surface area contributed by atoms with Crippen LogP contribution in [0.15, 0.2) is 60.8 Å². The van der Waals surface area contributed by atoms with Crippen LogP contribution < -0.4 is 5.32 Å². The van der Waals surface area contributed by atoms with Gasteiger partial charge in [-0.25, -0.2) is 0 Å². The lowest BCUT2D eigenvalue weighted by atomic mass is 10.0.